The zero-order valence-corrected chi connectivity index (χ0v) is 15.7. The number of hydrogen-bond donors (Lipinski definition) is 3. The van der Waals surface area contributed by atoms with Crippen LogP contribution in [0, 0.1) is 0 Å². The van der Waals surface area contributed by atoms with Crippen LogP contribution in [-0.2, 0) is 11.2 Å². The first kappa shape index (κ1) is 19.2. The van der Waals surface area contributed by atoms with Gasteiger partial charge in [-0.15, -0.1) is 0 Å². The molecule has 0 saturated heterocycles. The zero-order valence-electron chi connectivity index (χ0n) is 15.7. The van der Waals surface area contributed by atoms with Crippen molar-refractivity contribution in [1.29, 1.82) is 0 Å². The normalized spacial score (nSPS) is 19.8. The van der Waals surface area contributed by atoms with Crippen LogP contribution < -0.4 is 9.47 Å². The minimum Gasteiger partial charge on any atom is -0.503 e. The minimum atomic E-state index is -0.317. The van der Waals surface area contributed by atoms with Crippen molar-refractivity contribution in [1.82, 2.24) is 4.57 Å². The lowest BCUT2D eigenvalue weighted by molar-refractivity contribution is -0.00807. The molecule has 0 radical (unpaired) electrons. The first-order valence-electron chi connectivity index (χ1n) is 9.19. The van der Waals surface area contributed by atoms with Gasteiger partial charge in [0.05, 0.1) is 33.0 Å². The van der Waals surface area contributed by atoms with Gasteiger partial charge in [0.15, 0.2) is 23.1 Å². The molecule has 1 fully saturated rings. The molecule has 0 bridgehead atoms. The first-order valence-corrected chi connectivity index (χ1v) is 9.19. The van der Waals surface area contributed by atoms with E-state index in [-0.39, 0.29) is 29.7 Å². The van der Waals surface area contributed by atoms with Gasteiger partial charge in [-0.05, 0) is 37.0 Å². The smallest absolute Gasteiger partial charge is 0.237 e. The number of methoxy groups -OCH3 is 2. The Hall–Kier alpha value is -2.54. The number of benzene rings is 1. The number of ether oxygens (including phenoxy) is 3. The van der Waals surface area contributed by atoms with E-state index in [9.17, 15) is 15.3 Å². The van der Waals surface area contributed by atoms with Crippen LogP contribution in [0.25, 0.3) is 0 Å². The van der Waals surface area contributed by atoms with Crippen molar-refractivity contribution in [2.75, 3.05) is 20.8 Å². The molecule has 1 heterocycles. The van der Waals surface area contributed by atoms with Crippen molar-refractivity contribution in [2.45, 2.75) is 44.2 Å². The van der Waals surface area contributed by atoms with Gasteiger partial charge in [0.1, 0.15) is 0 Å². The van der Waals surface area contributed by atoms with E-state index in [0.717, 1.165) is 37.3 Å². The van der Waals surface area contributed by atoms with E-state index in [2.05, 4.69) is 0 Å². The van der Waals surface area contributed by atoms with Crippen molar-refractivity contribution in [3.63, 3.8) is 0 Å². The second-order valence-corrected chi connectivity index (χ2v) is 6.78. The third-order valence-corrected chi connectivity index (χ3v) is 5.14. The molecule has 2 unspecified atom stereocenters. The maximum atomic E-state index is 10.1. The molecule has 27 heavy (non-hydrogen) atoms. The highest BCUT2D eigenvalue weighted by Gasteiger charge is 2.31. The summed E-state index contributed by atoms with van der Waals surface area (Å²) < 4.78 is 18.1. The van der Waals surface area contributed by atoms with Crippen molar-refractivity contribution in [3.8, 4) is 29.0 Å². The Kier molecular flexibility index (Phi) is 6.01. The zero-order chi connectivity index (χ0) is 19.4. The number of rotatable bonds is 7. The lowest BCUT2D eigenvalue weighted by Gasteiger charge is -2.33. The first-order chi connectivity index (χ1) is 13.0. The van der Waals surface area contributed by atoms with Crippen molar-refractivity contribution < 1.29 is 29.5 Å². The quantitative estimate of drug-likeness (QED) is 0.685. The van der Waals surface area contributed by atoms with Crippen LogP contribution in [-0.4, -0.2) is 46.8 Å². The molecule has 1 aliphatic rings. The molecule has 7 heteroatoms. The Bertz CT molecular complexity index is 772. The van der Waals surface area contributed by atoms with Crippen molar-refractivity contribution in [3.05, 3.63) is 29.8 Å². The SMILES string of the molecule is COc1ccc(CCOC2CCCCC2n2c(O)cc(O)c2O)cc1OC. The Morgan fingerprint density at radius 2 is 1.74 bits per heavy atom. The molecular formula is C20H27NO6. The van der Waals surface area contributed by atoms with Crippen LogP contribution in [0.5, 0.6) is 29.0 Å². The Balaban J connectivity index is 1.65. The largest absolute Gasteiger partial charge is 0.503 e. The summed E-state index contributed by atoms with van der Waals surface area (Å²) in [6.07, 6.45) is 4.20. The van der Waals surface area contributed by atoms with Gasteiger partial charge in [-0.2, -0.15) is 0 Å². The van der Waals surface area contributed by atoms with Crippen LogP contribution in [0.3, 0.4) is 0 Å². The molecule has 1 saturated carbocycles. The van der Waals surface area contributed by atoms with Crippen molar-refractivity contribution in [2.24, 2.45) is 0 Å². The summed E-state index contributed by atoms with van der Waals surface area (Å²) in [4.78, 5) is 0. The topological polar surface area (TPSA) is 93.3 Å². The third kappa shape index (κ3) is 4.08. The Labute approximate surface area is 158 Å². The van der Waals surface area contributed by atoms with Gasteiger partial charge < -0.3 is 29.5 Å². The lowest BCUT2D eigenvalue weighted by Crippen LogP contribution is -2.30. The maximum Gasteiger partial charge on any atom is 0.237 e. The van der Waals surface area contributed by atoms with E-state index < -0.39 is 0 Å². The maximum absolute atomic E-state index is 10.1. The second-order valence-electron chi connectivity index (χ2n) is 6.78. The summed E-state index contributed by atoms with van der Waals surface area (Å²) in [5.41, 5.74) is 1.07. The molecule has 1 aromatic carbocycles. The van der Waals surface area contributed by atoms with Crippen LogP contribution >= 0.6 is 0 Å². The standard InChI is InChI=1S/C20H27NO6/c1-25-17-8-7-13(11-18(17)26-2)9-10-27-16-6-4-3-5-14(16)21-19(23)12-15(22)20(21)24/h7-8,11-12,14,16,22-24H,3-6,9-10H2,1-2H3. The van der Waals surface area contributed by atoms with E-state index >= 15 is 0 Å². The molecule has 0 aliphatic heterocycles. The van der Waals surface area contributed by atoms with Crippen LogP contribution in [0.15, 0.2) is 24.3 Å². The molecule has 2 atom stereocenters. The molecule has 2 aromatic rings. The molecule has 148 valence electrons. The summed E-state index contributed by atoms with van der Waals surface area (Å²) >= 11 is 0. The monoisotopic (exact) mass is 377 g/mol. The van der Waals surface area contributed by atoms with Gasteiger partial charge in [0.25, 0.3) is 0 Å². The molecule has 3 N–H and O–H groups in total. The number of hydrogen-bond acceptors (Lipinski definition) is 6. The summed E-state index contributed by atoms with van der Waals surface area (Å²) in [6, 6.07) is 6.73. The predicted octanol–water partition coefficient (Wildman–Crippen LogP) is 3.37. The average Bonchev–Trinajstić information content (AvgIpc) is 2.93. The van der Waals surface area contributed by atoms with E-state index in [4.69, 9.17) is 14.2 Å². The van der Waals surface area contributed by atoms with Crippen molar-refractivity contribution >= 4 is 0 Å². The number of aromatic hydroxyl groups is 3. The molecular weight excluding hydrogens is 350 g/mol. The fourth-order valence-electron chi connectivity index (χ4n) is 3.75. The summed E-state index contributed by atoms with van der Waals surface area (Å²) in [5, 5.41) is 29.8. The summed E-state index contributed by atoms with van der Waals surface area (Å²) in [7, 11) is 3.21. The van der Waals surface area contributed by atoms with Crippen LogP contribution in [0.4, 0.5) is 0 Å². The van der Waals surface area contributed by atoms with Gasteiger partial charge >= 0.3 is 0 Å². The number of nitrogens with zero attached hydrogens (tertiary/aromatic N) is 1. The summed E-state index contributed by atoms with van der Waals surface area (Å²) in [6.45, 7) is 0.505. The molecule has 1 aromatic heterocycles. The van der Waals surface area contributed by atoms with E-state index in [1.54, 1.807) is 14.2 Å². The third-order valence-electron chi connectivity index (χ3n) is 5.14. The van der Waals surface area contributed by atoms with Gasteiger partial charge in [0.2, 0.25) is 5.88 Å². The molecule has 0 amide bonds. The fraction of sp³-hybridized carbons (Fsp3) is 0.500. The van der Waals surface area contributed by atoms with E-state index in [0.29, 0.717) is 24.5 Å². The summed E-state index contributed by atoms with van der Waals surface area (Å²) in [5.74, 6) is 0.594. The Morgan fingerprint density at radius 1 is 1.00 bits per heavy atom. The lowest BCUT2D eigenvalue weighted by atomic mass is 9.92. The predicted molar refractivity (Wildman–Crippen MR) is 99.9 cm³/mol. The van der Waals surface area contributed by atoms with Crippen LogP contribution in [0.1, 0.15) is 37.3 Å². The second kappa shape index (κ2) is 8.43. The van der Waals surface area contributed by atoms with Gasteiger partial charge in [0, 0.05) is 6.07 Å². The molecule has 0 spiro atoms. The number of aromatic nitrogens is 1. The molecule has 7 nitrogen and oxygen atoms in total. The van der Waals surface area contributed by atoms with E-state index in [1.165, 1.54) is 4.57 Å². The fourth-order valence-corrected chi connectivity index (χ4v) is 3.75. The van der Waals surface area contributed by atoms with Gasteiger partial charge in [-0.1, -0.05) is 18.9 Å². The highest BCUT2D eigenvalue weighted by molar-refractivity contribution is 5.43. The minimum absolute atomic E-state index is 0.137. The highest BCUT2D eigenvalue weighted by atomic mass is 16.5. The molecule has 1 aliphatic carbocycles. The van der Waals surface area contributed by atoms with E-state index in [1.807, 2.05) is 18.2 Å². The average molecular weight is 377 g/mol. The molecule has 3 rings (SSSR count). The van der Waals surface area contributed by atoms with Gasteiger partial charge in [-0.3, -0.25) is 4.57 Å². The Morgan fingerprint density at radius 3 is 2.41 bits per heavy atom. The van der Waals surface area contributed by atoms with Crippen LogP contribution in [0.2, 0.25) is 0 Å². The highest BCUT2D eigenvalue weighted by Crippen LogP contribution is 2.42. The van der Waals surface area contributed by atoms with Gasteiger partial charge in [-0.25, -0.2) is 0 Å².